The van der Waals surface area contributed by atoms with E-state index in [4.69, 9.17) is 19.1 Å². The van der Waals surface area contributed by atoms with Gasteiger partial charge in [-0.2, -0.15) is 0 Å². The molecule has 114 valence electrons. The number of para-hydroxylation sites is 2. The van der Waals surface area contributed by atoms with Gasteiger partial charge in [0.15, 0.2) is 0 Å². The van der Waals surface area contributed by atoms with Crippen molar-refractivity contribution in [2.24, 2.45) is 9.98 Å². The van der Waals surface area contributed by atoms with Crippen molar-refractivity contribution in [1.29, 1.82) is 0 Å². The van der Waals surface area contributed by atoms with Gasteiger partial charge in [0.05, 0.1) is 22.8 Å². The Morgan fingerprint density at radius 1 is 0.714 bits per heavy atom. The molecule has 0 fully saturated rings. The fourth-order valence-electron chi connectivity index (χ4n) is 1.55. The third kappa shape index (κ3) is 7.55. The summed E-state index contributed by atoms with van der Waals surface area (Å²) in [7, 11) is 9.63. The molecule has 0 bridgehead atoms. The molecule has 0 spiro atoms. The molecule has 0 radical (unpaired) electrons. The minimum absolute atomic E-state index is 0.106. The van der Waals surface area contributed by atoms with E-state index in [-0.39, 0.29) is 15.9 Å². The maximum absolute atomic E-state index is 4.81. The van der Waals surface area contributed by atoms with Crippen LogP contribution >= 0.6 is 19.1 Å². The summed E-state index contributed by atoms with van der Waals surface area (Å²) < 4.78 is 0. The number of rotatable bonds is 3. The molecule has 0 aliphatic carbocycles. The number of hydrogen-bond donors (Lipinski definition) is 0. The van der Waals surface area contributed by atoms with Crippen molar-refractivity contribution < 1.29 is 15.9 Å². The van der Waals surface area contributed by atoms with Crippen molar-refractivity contribution in [3.05, 3.63) is 60.7 Å². The third-order valence-electron chi connectivity index (χ3n) is 2.63. The first-order valence-corrected chi connectivity index (χ1v) is 10.2. The van der Waals surface area contributed by atoms with Crippen LogP contribution in [0.3, 0.4) is 0 Å². The molecule has 2 nitrogen and oxygen atoms in total. The van der Waals surface area contributed by atoms with E-state index < -0.39 is 0 Å². The Morgan fingerprint density at radius 3 is 1.29 bits per heavy atom. The molecule has 2 aromatic carbocycles. The molecule has 0 aliphatic rings. The van der Waals surface area contributed by atoms with Crippen LogP contribution in [0.15, 0.2) is 70.6 Å². The van der Waals surface area contributed by atoms with Gasteiger partial charge in [-0.05, 0) is 38.1 Å². The maximum atomic E-state index is 4.81. The van der Waals surface area contributed by atoms with Gasteiger partial charge in [-0.3, -0.25) is 9.98 Å². The van der Waals surface area contributed by atoms with Crippen LogP contribution in [0, 0.1) is 0 Å². The van der Waals surface area contributed by atoms with Crippen molar-refractivity contribution in [3.63, 3.8) is 0 Å². The summed E-state index contributed by atoms with van der Waals surface area (Å²) in [5.74, 6) is 0. The van der Waals surface area contributed by atoms with E-state index in [1.54, 1.807) is 0 Å². The molecule has 0 saturated heterocycles. The average Bonchev–Trinajstić information content (AvgIpc) is 2.50. The average molecular weight is 414 g/mol. The zero-order valence-corrected chi connectivity index (χ0v) is 14.8. The SMILES string of the molecule is CC(=Nc1ccccc1)C(C)=Nc1ccccc1.[Cl][Pd][Cl]. The fourth-order valence-corrected chi connectivity index (χ4v) is 1.55. The van der Waals surface area contributed by atoms with E-state index in [2.05, 4.69) is 9.98 Å². The molecule has 2 rings (SSSR count). The van der Waals surface area contributed by atoms with Crippen LogP contribution in [-0.4, -0.2) is 11.4 Å². The summed E-state index contributed by atoms with van der Waals surface area (Å²) in [4.78, 5) is 9.08. The Kier molecular flexibility index (Phi) is 9.21. The number of nitrogens with zero attached hydrogens (tertiary/aromatic N) is 2. The molecule has 5 heteroatoms. The summed E-state index contributed by atoms with van der Waals surface area (Å²) in [6.07, 6.45) is 0. The standard InChI is InChI=1S/C16H16N2.2ClH.Pd/c1-13(17-15-9-5-3-6-10-15)14(2)18-16-11-7-4-8-12-16;;;/h3-12H,1-2H3;2*1H;/q;;;+2/p-2. The van der Waals surface area contributed by atoms with Crippen LogP contribution in [0.2, 0.25) is 0 Å². The first kappa shape index (κ1) is 18.1. The molecule has 0 saturated carbocycles. The zero-order chi connectivity index (χ0) is 15.5. The molecule has 0 N–H and O–H groups in total. The Labute approximate surface area is 142 Å². The normalized spacial score (nSPS) is 11.8. The van der Waals surface area contributed by atoms with Crippen molar-refractivity contribution in [3.8, 4) is 0 Å². The van der Waals surface area contributed by atoms with Crippen LogP contribution in [0.5, 0.6) is 0 Å². The molecule has 0 amide bonds. The number of benzene rings is 2. The summed E-state index contributed by atoms with van der Waals surface area (Å²) >= 11 is -0.106. The van der Waals surface area contributed by atoms with E-state index in [1.165, 1.54) is 0 Å². The number of hydrogen-bond acceptors (Lipinski definition) is 2. The summed E-state index contributed by atoms with van der Waals surface area (Å²) in [6, 6.07) is 19.8. The van der Waals surface area contributed by atoms with Crippen LogP contribution < -0.4 is 0 Å². The van der Waals surface area contributed by atoms with Gasteiger partial charge in [0.1, 0.15) is 0 Å². The molecule has 0 unspecified atom stereocenters. The van der Waals surface area contributed by atoms with Crippen LogP contribution in [-0.2, 0) is 15.9 Å². The van der Waals surface area contributed by atoms with Crippen molar-refractivity contribution in [1.82, 2.24) is 0 Å². The quantitative estimate of drug-likeness (QED) is 0.439. The number of halogens is 2. The van der Waals surface area contributed by atoms with Crippen molar-refractivity contribution in [2.75, 3.05) is 0 Å². The molecule has 0 aromatic heterocycles. The van der Waals surface area contributed by atoms with Gasteiger partial charge in [0.25, 0.3) is 0 Å². The third-order valence-corrected chi connectivity index (χ3v) is 2.63. The van der Waals surface area contributed by atoms with E-state index in [0.29, 0.717) is 0 Å². The van der Waals surface area contributed by atoms with E-state index >= 15 is 0 Å². The summed E-state index contributed by atoms with van der Waals surface area (Å²) in [5, 5.41) is 0. The Hall–Kier alpha value is -0.978. The van der Waals surface area contributed by atoms with Crippen molar-refractivity contribution >= 4 is 41.9 Å². The van der Waals surface area contributed by atoms with Crippen LogP contribution in [0.25, 0.3) is 0 Å². The van der Waals surface area contributed by atoms with Gasteiger partial charge in [0.2, 0.25) is 0 Å². The molecule has 0 atom stereocenters. The van der Waals surface area contributed by atoms with Crippen LogP contribution in [0.1, 0.15) is 13.8 Å². The molecular weight excluding hydrogens is 398 g/mol. The fraction of sp³-hybridized carbons (Fsp3) is 0.125. The Balaban J connectivity index is 0.000000677. The van der Waals surface area contributed by atoms with E-state index in [1.807, 2.05) is 74.5 Å². The molecule has 2 aromatic rings. The van der Waals surface area contributed by atoms with Gasteiger partial charge >= 0.3 is 35.0 Å². The molecule has 21 heavy (non-hydrogen) atoms. The first-order valence-electron chi connectivity index (χ1n) is 6.20. The predicted octanol–water partition coefficient (Wildman–Crippen LogP) is 5.95. The monoisotopic (exact) mass is 412 g/mol. The van der Waals surface area contributed by atoms with E-state index in [9.17, 15) is 0 Å². The topological polar surface area (TPSA) is 24.7 Å². The summed E-state index contributed by atoms with van der Waals surface area (Å²) in [5.41, 5.74) is 3.78. The predicted molar refractivity (Wildman–Crippen MR) is 90.1 cm³/mol. The molecule has 0 aliphatic heterocycles. The van der Waals surface area contributed by atoms with Gasteiger partial charge in [-0.1, -0.05) is 36.4 Å². The molecule has 0 heterocycles. The van der Waals surface area contributed by atoms with Gasteiger partial charge in [-0.15, -0.1) is 0 Å². The van der Waals surface area contributed by atoms with Gasteiger partial charge < -0.3 is 0 Å². The second-order valence-corrected chi connectivity index (χ2v) is 6.47. The van der Waals surface area contributed by atoms with E-state index in [0.717, 1.165) is 22.8 Å². The summed E-state index contributed by atoms with van der Waals surface area (Å²) in [6.45, 7) is 3.96. The van der Waals surface area contributed by atoms with Crippen molar-refractivity contribution in [2.45, 2.75) is 13.8 Å². The minimum atomic E-state index is -0.106. The van der Waals surface area contributed by atoms with Crippen LogP contribution in [0.4, 0.5) is 11.4 Å². The van der Waals surface area contributed by atoms with Gasteiger partial charge in [-0.25, -0.2) is 0 Å². The second-order valence-electron chi connectivity index (χ2n) is 4.11. The second kappa shape index (κ2) is 10.7. The van der Waals surface area contributed by atoms with Gasteiger partial charge in [0, 0.05) is 0 Å². The Bertz CT molecular complexity index is 530. The first-order chi connectivity index (χ1) is 10.2. The Morgan fingerprint density at radius 2 is 1.00 bits per heavy atom. The number of aliphatic imine (C=N–C) groups is 2. The zero-order valence-electron chi connectivity index (χ0n) is 11.7. The molecular formula is C16H16Cl2N2Pd.